The van der Waals surface area contributed by atoms with Crippen molar-refractivity contribution in [3.05, 3.63) is 29.3 Å². The molecule has 0 atom stereocenters. The van der Waals surface area contributed by atoms with Crippen LogP contribution >= 0.6 is 0 Å². The number of urea groups is 1. The van der Waals surface area contributed by atoms with Crippen LogP contribution in [0.15, 0.2) is 18.2 Å². The molecule has 1 aromatic rings. The predicted octanol–water partition coefficient (Wildman–Crippen LogP) is 1.16. The average Bonchev–Trinajstić information content (AvgIpc) is 3.27. The maximum Gasteiger partial charge on any atom is 0.325 e. The van der Waals surface area contributed by atoms with Gasteiger partial charge in [-0.2, -0.15) is 0 Å². The molecule has 0 aromatic heterocycles. The number of rotatable bonds is 6. The molecule has 0 bridgehead atoms. The van der Waals surface area contributed by atoms with Crippen LogP contribution in [0.2, 0.25) is 0 Å². The van der Waals surface area contributed by atoms with Crippen molar-refractivity contribution in [1.82, 2.24) is 15.5 Å². The van der Waals surface area contributed by atoms with E-state index in [-0.39, 0.29) is 19.0 Å². The van der Waals surface area contributed by atoms with Crippen molar-refractivity contribution in [3.8, 4) is 0 Å². The van der Waals surface area contributed by atoms with E-state index in [4.69, 9.17) is 0 Å². The molecule has 3 N–H and O–H groups in total. The Kier molecular flexibility index (Phi) is 5.92. The molecule has 0 radical (unpaired) electrons. The fraction of sp³-hybridized carbons (Fsp3) is 0.471. The van der Waals surface area contributed by atoms with Gasteiger partial charge < -0.3 is 10.6 Å². The molecule has 0 saturated heterocycles. The highest BCUT2D eigenvalue weighted by molar-refractivity contribution is 6.02. The summed E-state index contributed by atoms with van der Waals surface area (Å²) in [6.07, 6.45) is 2.04. The third kappa shape index (κ3) is 5.66. The number of carbonyl (C=O) groups is 3. The number of hydrogen-bond acceptors (Lipinski definition) is 4. The van der Waals surface area contributed by atoms with Gasteiger partial charge in [-0.15, -0.1) is 0 Å². The molecule has 0 aliphatic heterocycles. The van der Waals surface area contributed by atoms with Crippen molar-refractivity contribution < 1.29 is 14.4 Å². The highest BCUT2D eigenvalue weighted by Gasteiger charge is 2.23. The maximum atomic E-state index is 11.9. The summed E-state index contributed by atoms with van der Waals surface area (Å²) in [5.74, 6) is -0.563. The number of benzene rings is 1. The number of nitrogens with one attached hydrogen (secondary N) is 3. The molecular formula is C17H24N4O3. The number of anilines is 1. The number of hydrogen-bond donors (Lipinski definition) is 3. The van der Waals surface area contributed by atoms with E-state index >= 15 is 0 Å². The van der Waals surface area contributed by atoms with Crippen LogP contribution in [0.25, 0.3) is 0 Å². The Balaban J connectivity index is 1.75. The summed E-state index contributed by atoms with van der Waals surface area (Å²) in [6, 6.07) is 5.28. The van der Waals surface area contributed by atoms with Gasteiger partial charge in [0.15, 0.2) is 0 Å². The number of amides is 4. The van der Waals surface area contributed by atoms with E-state index in [1.54, 1.807) is 18.0 Å². The van der Waals surface area contributed by atoms with Crippen molar-refractivity contribution in [1.29, 1.82) is 0 Å². The monoisotopic (exact) mass is 332 g/mol. The zero-order chi connectivity index (χ0) is 17.7. The van der Waals surface area contributed by atoms with E-state index in [9.17, 15) is 14.4 Å². The zero-order valence-electron chi connectivity index (χ0n) is 14.3. The summed E-state index contributed by atoms with van der Waals surface area (Å²) in [5, 5.41) is 7.78. The summed E-state index contributed by atoms with van der Waals surface area (Å²) < 4.78 is 0. The Morgan fingerprint density at radius 2 is 1.79 bits per heavy atom. The van der Waals surface area contributed by atoms with Crippen LogP contribution in [0.1, 0.15) is 24.0 Å². The van der Waals surface area contributed by atoms with Crippen LogP contribution < -0.4 is 16.0 Å². The lowest BCUT2D eigenvalue weighted by atomic mass is 10.1. The van der Waals surface area contributed by atoms with Gasteiger partial charge in [-0.3, -0.25) is 19.8 Å². The minimum absolute atomic E-state index is 0.0295. The van der Waals surface area contributed by atoms with E-state index in [0.717, 1.165) is 24.0 Å². The van der Waals surface area contributed by atoms with Crippen molar-refractivity contribution in [3.63, 3.8) is 0 Å². The smallest absolute Gasteiger partial charge is 0.325 e. The maximum absolute atomic E-state index is 11.9. The third-order valence-corrected chi connectivity index (χ3v) is 3.88. The molecule has 1 aromatic carbocycles. The largest absolute Gasteiger partial charge is 0.352 e. The third-order valence-electron chi connectivity index (χ3n) is 3.88. The number of carbonyl (C=O) groups excluding carboxylic acids is 3. The van der Waals surface area contributed by atoms with Gasteiger partial charge in [-0.25, -0.2) is 4.79 Å². The molecule has 1 saturated carbocycles. The Bertz CT molecular complexity index is 641. The lowest BCUT2D eigenvalue weighted by Crippen LogP contribution is -2.44. The molecule has 1 fully saturated rings. The molecule has 4 amide bonds. The van der Waals surface area contributed by atoms with E-state index in [2.05, 4.69) is 16.0 Å². The number of nitrogens with zero attached hydrogens (tertiary/aromatic N) is 1. The average molecular weight is 332 g/mol. The summed E-state index contributed by atoms with van der Waals surface area (Å²) in [6.45, 7) is 3.95. The lowest BCUT2D eigenvalue weighted by Gasteiger charge is -2.16. The van der Waals surface area contributed by atoms with Crippen LogP contribution in [-0.4, -0.2) is 48.9 Å². The van der Waals surface area contributed by atoms with Crippen LogP contribution in [0.4, 0.5) is 10.5 Å². The Labute approximate surface area is 141 Å². The molecular weight excluding hydrogens is 308 g/mol. The topological polar surface area (TPSA) is 90.5 Å². The molecule has 0 heterocycles. The van der Waals surface area contributed by atoms with Crippen molar-refractivity contribution in [2.24, 2.45) is 0 Å². The van der Waals surface area contributed by atoms with Gasteiger partial charge in [-0.05, 0) is 50.9 Å². The van der Waals surface area contributed by atoms with Crippen molar-refractivity contribution in [2.45, 2.75) is 32.7 Å². The highest BCUT2D eigenvalue weighted by Crippen LogP contribution is 2.18. The minimum Gasteiger partial charge on any atom is -0.352 e. The van der Waals surface area contributed by atoms with Gasteiger partial charge in [-0.1, -0.05) is 12.1 Å². The summed E-state index contributed by atoms with van der Waals surface area (Å²) in [4.78, 5) is 37.0. The van der Waals surface area contributed by atoms with E-state index in [0.29, 0.717) is 11.7 Å². The first kappa shape index (κ1) is 17.9. The summed E-state index contributed by atoms with van der Waals surface area (Å²) in [5.41, 5.74) is 2.67. The SMILES string of the molecule is Cc1cccc(NC(=O)NC(=O)CN(C)CC(=O)NC2CC2)c1C. The second kappa shape index (κ2) is 7.92. The quantitative estimate of drug-likeness (QED) is 0.729. The lowest BCUT2D eigenvalue weighted by molar-refractivity contribution is -0.124. The molecule has 0 spiro atoms. The minimum atomic E-state index is -0.579. The Morgan fingerprint density at radius 1 is 1.12 bits per heavy atom. The van der Waals surface area contributed by atoms with Crippen LogP contribution in [0, 0.1) is 13.8 Å². The standard InChI is InChI=1S/C17H24N4O3/c1-11-5-4-6-14(12(11)2)19-17(24)20-16(23)10-21(3)9-15(22)18-13-7-8-13/h4-6,13H,7-10H2,1-3H3,(H,18,22)(H2,19,20,23,24). The Hall–Kier alpha value is -2.41. The predicted molar refractivity (Wildman–Crippen MR) is 91.7 cm³/mol. The molecule has 1 aliphatic carbocycles. The van der Waals surface area contributed by atoms with Gasteiger partial charge in [0.05, 0.1) is 13.1 Å². The molecule has 24 heavy (non-hydrogen) atoms. The van der Waals surface area contributed by atoms with Gasteiger partial charge in [0.25, 0.3) is 0 Å². The zero-order valence-corrected chi connectivity index (χ0v) is 14.3. The van der Waals surface area contributed by atoms with Crippen molar-refractivity contribution in [2.75, 3.05) is 25.5 Å². The first-order valence-corrected chi connectivity index (χ1v) is 8.00. The molecule has 130 valence electrons. The van der Waals surface area contributed by atoms with Gasteiger partial charge in [0, 0.05) is 11.7 Å². The van der Waals surface area contributed by atoms with Crippen molar-refractivity contribution >= 4 is 23.5 Å². The van der Waals surface area contributed by atoms with E-state index in [1.165, 1.54) is 0 Å². The number of aryl methyl sites for hydroxylation is 1. The number of likely N-dealkylation sites (N-methyl/N-ethyl adjacent to an activating group) is 1. The first-order valence-electron chi connectivity index (χ1n) is 8.00. The van der Waals surface area contributed by atoms with Gasteiger partial charge >= 0.3 is 6.03 Å². The second-order valence-electron chi connectivity index (χ2n) is 6.26. The summed E-state index contributed by atoms with van der Waals surface area (Å²) >= 11 is 0. The number of imide groups is 1. The fourth-order valence-electron chi connectivity index (χ4n) is 2.25. The van der Waals surface area contributed by atoms with E-state index < -0.39 is 11.9 Å². The molecule has 0 unspecified atom stereocenters. The first-order chi connectivity index (χ1) is 11.3. The van der Waals surface area contributed by atoms with Crippen LogP contribution in [0.3, 0.4) is 0 Å². The fourth-order valence-corrected chi connectivity index (χ4v) is 2.25. The molecule has 1 aliphatic rings. The van der Waals surface area contributed by atoms with Crippen LogP contribution in [0.5, 0.6) is 0 Å². The Morgan fingerprint density at radius 3 is 2.46 bits per heavy atom. The highest BCUT2D eigenvalue weighted by atomic mass is 16.2. The van der Waals surface area contributed by atoms with Gasteiger partial charge in [0.2, 0.25) is 11.8 Å². The second-order valence-corrected chi connectivity index (χ2v) is 6.26. The molecule has 7 heteroatoms. The van der Waals surface area contributed by atoms with Crippen LogP contribution in [-0.2, 0) is 9.59 Å². The van der Waals surface area contributed by atoms with Gasteiger partial charge in [0.1, 0.15) is 0 Å². The normalized spacial score (nSPS) is 13.5. The summed E-state index contributed by atoms with van der Waals surface area (Å²) in [7, 11) is 1.66. The van der Waals surface area contributed by atoms with E-state index in [1.807, 2.05) is 26.0 Å². The molecule has 7 nitrogen and oxygen atoms in total. The molecule has 2 rings (SSSR count).